The number of amides is 1. The van der Waals surface area contributed by atoms with Crippen molar-refractivity contribution in [2.45, 2.75) is 45.3 Å². The lowest BCUT2D eigenvalue weighted by molar-refractivity contribution is -0.121. The second kappa shape index (κ2) is 7.70. The third-order valence-electron chi connectivity index (χ3n) is 4.21. The number of nitrogens with zero attached hydrogens (tertiary/aromatic N) is 1. The Labute approximate surface area is 131 Å². The number of likely N-dealkylation sites (tertiary alicyclic amines) is 1. The molecule has 0 saturated carbocycles. The average Bonchev–Trinajstić information content (AvgIpc) is 2.47. The monoisotopic (exact) mass is 308 g/mol. The molecule has 122 valence electrons. The van der Waals surface area contributed by atoms with Crippen molar-refractivity contribution in [1.82, 2.24) is 10.2 Å². The zero-order valence-corrected chi connectivity index (χ0v) is 13.3. The quantitative estimate of drug-likeness (QED) is 0.876. The summed E-state index contributed by atoms with van der Waals surface area (Å²) in [7, 11) is 0. The molecular weight excluding hydrogens is 283 g/mol. The van der Waals surface area contributed by atoms with Crippen LogP contribution in [0.25, 0.3) is 0 Å². The fourth-order valence-electron chi connectivity index (χ4n) is 3.02. The highest BCUT2D eigenvalue weighted by atomic mass is 19.1. The molecule has 1 aliphatic rings. The van der Waals surface area contributed by atoms with Gasteiger partial charge < -0.3 is 10.4 Å². The summed E-state index contributed by atoms with van der Waals surface area (Å²) in [5, 5.41) is 13.4. The van der Waals surface area contributed by atoms with Gasteiger partial charge in [-0.1, -0.05) is 13.0 Å². The van der Waals surface area contributed by atoms with Crippen molar-refractivity contribution in [3.05, 3.63) is 35.1 Å². The van der Waals surface area contributed by atoms with Gasteiger partial charge in [0.05, 0.1) is 6.10 Å². The molecule has 22 heavy (non-hydrogen) atoms. The summed E-state index contributed by atoms with van der Waals surface area (Å²) >= 11 is 0. The van der Waals surface area contributed by atoms with E-state index in [0.717, 1.165) is 37.1 Å². The molecule has 1 saturated heterocycles. The minimum absolute atomic E-state index is 0.0711. The van der Waals surface area contributed by atoms with Crippen molar-refractivity contribution < 1.29 is 14.3 Å². The van der Waals surface area contributed by atoms with Crippen LogP contribution >= 0.6 is 0 Å². The number of rotatable bonds is 5. The third kappa shape index (κ3) is 4.52. The molecule has 0 aliphatic carbocycles. The van der Waals surface area contributed by atoms with Crippen LogP contribution < -0.4 is 5.32 Å². The molecular formula is C17H25FN2O2. The van der Waals surface area contributed by atoms with Crippen LogP contribution in [0.15, 0.2) is 18.2 Å². The van der Waals surface area contributed by atoms with Gasteiger partial charge in [-0.05, 0) is 49.6 Å². The number of aryl methyl sites for hydroxylation is 1. The van der Waals surface area contributed by atoms with E-state index in [1.807, 2.05) is 13.8 Å². The number of halogens is 1. The number of β-amino-alcohol motifs (C(OH)–C–C–N with tert-alkyl or cyclic N) is 1. The minimum Gasteiger partial charge on any atom is -0.387 e. The van der Waals surface area contributed by atoms with E-state index in [4.69, 9.17) is 0 Å². The zero-order valence-electron chi connectivity index (χ0n) is 13.3. The summed E-state index contributed by atoms with van der Waals surface area (Å²) in [5.41, 5.74) is 1.53. The Morgan fingerprint density at radius 2 is 2.32 bits per heavy atom. The van der Waals surface area contributed by atoms with Crippen LogP contribution in [0.1, 0.15) is 43.4 Å². The molecule has 2 rings (SSSR count). The number of benzene rings is 1. The number of carbonyl (C=O) groups excluding carboxylic acids is 1. The molecule has 2 atom stereocenters. The van der Waals surface area contributed by atoms with E-state index >= 15 is 0 Å². The summed E-state index contributed by atoms with van der Waals surface area (Å²) in [5.74, 6) is -0.212. The molecule has 0 bridgehead atoms. The Hall–Kier alpha value is -1.46. The molecule has 1 aromatic carbocycles. The maximum atomic E-state index is 13.1. The van der Waals surface area contributed by atoms with Crippen molar-refractivity contribution in [2.75, 3.05) is 19.6 Å². The highest BCUT2D eigenvalue weighted by Gasteiger charge is 2.23. The maximum absolute atomic E-state index is 13.1. The fraction of sp³-hybridized carbons (Fsp3) is 0.588. The first-order valence-electron chi connectivity index (χ1n) is 7.95. The number of hydrogen-bond donors (Lipinski definition) is 2. The molecule has 0 radical (unpaired) electrons. The smallest absolute Gasteiger partial charge is 0.219 e. The maximum Gasteiger partial charge on any atom is 0.219 e. The van der Waals surface area contributed by atoms with Crippen molar-refractivity contribution in [1.29, 1.82) is 0 Å². The normalized spacial score (nSPS) is 20.6. The zero-order chi connectivity index (χ0) is 16.1. The molecule has 4 nitrogen and oxygen atoms in total. The predicted molar refractivity (Wildman–Crippen MR) is 84.0 cm³/mol. The van der Waals surface area contributed by atoms with Gasteiger partial charge in [0.2, 0.25) is 5.91 Å². The number of piperidine rings is 1. The van der Waals surface area contributed by atoms with Gasteiger partial charge in [-0.25, -0.2) is 4.39 Å². The Morgan fingerprint density at radius 1 is 1.55 bits per heavy atom. The molecule has 0 spiro atoms. The number of aliphatic hydroxyl groups excluding tert-OH is 1. The standard InChI is InChI=1S/C17H25FN2O2/c1-3-17(22)19-14-5-4-8-20(10-14)11-16(21)15-7-6-13(18)9-12(15)2/h6-7,9,14,16,21H,3-5,8,10-11H2,1-2H3,(H,19,22). The van der Waals surface area contributed by atoms with Gasteiger partial charge in [-0.15, -0.1) is 0 Å². The third-order valence-corrected chi connectivity index (χ3v) is 4.21. The van der Waals surface area contributed by atoms with E-state index in [2.05, 4.69) is 10.2 Å². The minimum atomic E-state index is -0.638. The van der Waals surface area contributed by atoms with Gasteiger partial charge in [0.1, 0.15) is 5.82 Å². The van der Waals surface area contributed by atoms with Crippen LogP contribution in [-0.2, 0) is 4.79 Å². The Balaban J connectivity index is 1.93. The summed E-state index contributed by atoms with van der Waals surface area (Å²) in [6.45, 7) is 5.82. The molecule has 1 aliphatic heterocycles. The highest BCUT2D eigenvalue weighted by Crippen LogP contribution is 2.21. The van der Waals surface area contributed by atoms with Crippen LogP contribution in [0.4, 0.5) is 4.39 Å². The van der Waals surface area contributed by atoms with Gasteiger partial charge in [0.15, 0.2) is 0 Å². The van der Waals surface area contributed by atoms with Gasteiger partial charge in [0, 0.05) is 25.6 Å². The van der Waals surface area contributed by atoms with E-state index in [-0.39, 0.29) is 17.8 Å². The largest absolute Gasteiger partial charge is 0.387 e. The molecule has 0 aromatic heterocycles. The topological polar surface area (TPSA) is 52.6 Å². The van der Waals surface area contributed by atoms with E-state index in [1.165, 1.54) is 12.1 Å². The van der Waals surface area contributed by atoms with Gasteiger partial charge in [0.25, 0.3) is 0 Å². The first kappa shape index (κ1) is 16.9. The van der Waals surface area contributed by atoms with E-state index in [1.54, 1.807) is 6.07 Å². The van der Waals surface area contributed by atoms with E-state index in [0.29, 0.717) is 13.0 Å². The molecule has 1 aromatic rings. The molecule has 2 unspecified atom stereocenters. The summed E-state index contributed by atoms with van der Waals surface area (Å²) in [6.07, 6.45) is 1.84. The van der Waals surface area contributed by atoms with Gasteiger partial charge in [-0.3, -0.25) is 9.69 Å². The van der Waals surface area contributed by atoms with Crippen LogP contribution in [0, 0.1) is 12.7 Å². The first-order valence-corrected chi connectivity index (χ1v) is 7.95. The summed E-state index contributed by atoms with van der Waals surface area (Å²) < 4.78 is 13.1. The molecule has 1 fully saturated rings. The summed E-state index contributed by atoms with van der Waals surface area (Å²) in [6, 6.07) is 4.63. The van der Waals surface area contributed by atoms with Crippen molar-refractivity contribution in [3.8, 4) is 0 Å². The number of carbonyl (C=O) groups is 1. The average molecular weight is 308 g/mol. The number of aliphatic hydroxyl groups is 1. The second-order valence-electron chi connectivity index (χ2n) is 6.04. The Morgan fingerprint density at radius 3 is 3.00 bits per heavy atom. The van der Waals surface area contributed by atoms with Crippen molar-refractivity contribution >= 4 is 5.91 Å². The first-order chi connectivity index (χ1) is 10.5. The lowest BCUT2D eigenvalue weighted by atomic mass is 10.0. The molecule has 1 amide bonds. The van der Waals surface area contributed by atoms with Crippen LogP contribution in [0.5, 0.6) is 0 Å². The van der Waals surface area contributed by atoms with Gasteiger partial charge in [-0.2, -0.15) is 0 Å². The lowest BCUT2D eigenvalue weighted by Gasteiger charge is -2.34. The Kier molecular flexibility index (Phi) is 5.91. The summed E-state index contributed by atoms with van der Waals surface area (Å²) in [4.78, 5) is 13.7. The molecule has 1 heterocycles. The SMILES string of the molecule is CCC(=O)NC1CCCN(CC(O)c2ccc(F)cc2C)C1. The molecule has 5 heteroatoms. The fourth-order valence-corrected chi connectivity index (χ4v) is 3.02. The van der Waals surface area contributed by atoms with Crippen LogP contribution in [-0.4, -0.2) is 41.6 Å². The number of hydrogen-bond acceptors (Lipinski definition) is 3. The molecule has 2 N–H and O–H groups in total. The Bertz CT molecular complexity index is 521. The number of nitrogens with one attached hydrogen (secondary N) is 1. The van der Waals surface area contributed by atoms with Crippen molar-refractivity contribution in [2.24, 2.45) is 0 Å². The van der Waals surface area contributed by atoms with Crippen molar-refractivity contribution in [3.63, 3.8) is 0 Å². The predicted octanol–water partition coefficient (Wildman–Crippen LogP) is 2.16. The second-order valence-corrected chi connectivity index (χ2v) is 6.04. The van der Waals surface area contributed by atoms with Crippen LogP contribution in [0.2, 0.25) is 0 Å². The highest BCUT2D eigenvalue weighted by molar-refractivity contribution is 5.75. The lowest BCUT2D eigenvalue weighted by Crippen LogP contribution is -2.48. The van der Waals surface area contributed by atoms with Gasteiger partial charge >= 0.3 is 0 Å². The van der Waals surface area contributed by atoms with E-state index < -0.39 is 6.10 Å². The van der Waals surface area contributed by atoms with Crippen LogP contribution in [0.3, 0.4) is 0 Å². The van der Waals surface area contributed by atoms with E-state index in [9.17, 15) is 14.3 Å².